The van der Waals surface area contributed by atoms with Crippen LogP contribution in [0.25, 0.3) is 10.2 Å². The molecule has 3 rings (SSSR count). The van der Waals surface area contributed by atoms with Crippen LogP contribution in [-0.2, 0) is 11.3 Å². The summed E-state index contributed by atoms with van der Waals surface area (Å²) in [6.45, 7) is 7.93. The molecule has 1 heterocycles. The second-order valence-electron chi connectivity index (χ2n) is 5.94. The Bertz CT molecular complexity index is 969. The molecule has 0 atom stereocenters. The normalized spacial score (nSPS) is 12.0. The van der Waals surface area contributed by atoms with Crippen LogP contribution >= 0.6 is 11.3 Å². The van der Waals surface area contributed by atoms with Crippen molar-refractivity contribution in [3.05, 3.63) is 64.0 Å². The van der Waals surface area contributed by atoms with Crippen molar-refractivity contribution in [3.8, 4) is 0 Å². The van der Waals surface area contributed by atoms with Crippen molar-refractivity contribution in [1.82, 2.24) is 4.57 Å². The molecular formula is C20H22N2O2S. The molecule has 0 radical (unpaired) electrons. The number of rotatable bonds is 5. The fraction of sp³-hybridized carbons (Fsp3) is 0.300. The van der Waals surface area contributed by atoms with Gasteiger partial charge in [0, 0.05) is 18.7 Å². The van der Waals surface area contributed by atoms with Crippen LogP contribution < -0.4 is 4.80 Å². The molecule has 1 amide bonds. The molecule has 0 N–H and O–H groups in total. The Morgan fingerprint density at radius 3 is 2.76 bits per heavy atom. The Morgan fingerprint density at radius 1 is 1.20 bits per heavy atom. The van der Waals surface area contributed by atoms with E-state index in [0.29, 0.717) is 30.1 Å². The monoisotopic (exact) mass is 354 g/mol. The quantitative estimate of drug-likeness (QED) is 0.648. The van der Waals surface area contributed by atoms with Crippen LogP contribution in [0.4, 0.5) is 0 Å². The smallest absolute Gasteiger partial charge is 0.279 e. The molecule has 0 spiro atoms. The molecule has 0 aliphatic heterocycles. The van der Waals surface area contributed by atoms with Crippen LogP contribution in [-0.4, -0.2) is 23.7 Å². The highest BCUT2D eigenvalue weighted by Crippen LogP contribution is 2.19. The largest absolute Gasteiger partial charge is 0.380 e. The van der Waals surface area contributed by atoms with Gasteiger partial charge in [-0.1, -0.05) is 35.6 Å². The molecule has 4 nitrogen and oxygen atoms in total. The van der Waals surface area contributed by atoms with E-state index in [1.54, 1.807) is 11.3 Å². The summed E-state index contributed by atoms with van der Waals surface area (Å²) in [4.78, 5) is 17.8. The minimum atomic E-state index is -0.202. The van der Waals surface area contributed by atoms with Crippen molar-refractivity contribution >= 4 is 27.5 Å². The Kier molecular flexibility index (Phi) is 5.46. The molecule has 1 aromatic heterocycles. The van der Waals surface area contributed by atoms with Crippen molar-refractivity contribution in [3.63, 3.8) is 0 Å². The first kappa shape index (κ1) is 17.6. The number of benzene rings is 2. The molecule has 0 saturated heterocycles. The molecular weight excluding hydrogens is 332 g/mol. The van der Waals surface area contributed by atoms with Gasteiger partial charge >= 0.3 is 0 Å². The summed E-state index contributed by atoms with van der Waals surface area (Å²) in [5.41, 5.74) is 3.87. The van der Waals surface area contributed by atoms with Crippen LogP contribution in [0.5, 0.6) is 0 Å². The molecule has 25 heavy (non-hydrogen) atoms. The molecule has 0 aliphatic rings. The third kappa shape index (κ3) is 3.89. The number of hydrogen-bond donors (Lipinski definition) is 0. The van der Waals surface area contributed by atoms with Gasteiger partial charge in [-0.15, -0.1) is 0 Å². The summed E-state index contributed by atoms with van der Waals surface area (Å²) in [6.07, 6.45) is 0. The molecule has 0 aliphatic carbocycles. The highest BCUT2D eigenvalue weighted by Gasteiger charge is 2.11. The first-order chi connectivity index (χ1) is 12.1. The van der Waals surface area contributed by atoms with E-state index < -0.39 is 0 Å². The van der Waals surface area contributed by atoms with Gasteiger partial charge in [-0.3, -0.25) is 4.79 Å². The molecule has 0 unspecified atom stereocenters. The van der Waals surface area contributed by atoms with E-state index in [1.807, 2.05) is 38.1 Å². The van der Waals surface area contributed by atoms with Crippen LogP contribution in [0, 0.1) is 13.8 Å². The topological polar surface area (TPSA) is 43.6 Å². The van der Waals surface area contributed by atoms with Gasteiger partial charge in [0.05, 0.1) is 16.8 Å². The number of ether oxygens (including phenoxy) is 1. The summed E-state index contributed by atoms with van der Waals surface area (Å²) in [5, 5.41) is 0. The van der Waals surface area contributed by atoms with E-state index >= 15 is 0 Å². The fourth-order valence-corrected chi connectivity index (χ4v) is 3.89. The minimum Gasteiger partial charge on any atom is -0.380 e. The van der Waals surface area contributed by atoms with Crippen molar-refractivity contribution < 1.29 is 9.53 Å². The number of carbonyl (C=O) groups excluding carboxylic acids is 1. The maximum absolute atomic E-state index is 12.7. The number of fused-ring (bicyclic) bond motifs is 1. The summed E-state index contributed by atoms with van der Waals surface area (Å²) in [6, 6.07) is 13.9. The number of carbonyl (C=O) groups is 1. The maximum atomic E-state index is 12.7. The van der Waals surface area contributed by atoms with E-state index in [0.717, 1.165) is 15.8 Å². The molecule has 130 valence electrons. The van der Waals surface area contributed by atoms with Crippen LogP contribution in [0.15, 0.2) is 47.5 Å². The molecule has 2 aromatic carbocycles. The van der Waals surface area contributed by atoms with Crippen LogP contribution in [0.1, 0.15) is 28.4 Å². The number of aryl methyl sites for hydroxylation is 2. The lowest BCUT2D eigenvalue weighted by atomic mass is 10.1. The Labute approximate surface area is 151 Å². The fourth-order valence-electron chi connectivity index (χ4n) is 2.74. The van der Waals surface area contributed by atoms with Crippen molar-refractivity contribution in [2.45, 2.75) is 27.3 Å². The van der Waals surface area contributed by atoms with Gasteiger partial charge in [-0.2, -0.15) is 4.99 Å². The lowest BCUT2D eigenvalue weighted by Gasteiger charge is -2.06. The highest BCUT2D eigenvalue weighted by molar-refractivity contribution is 7.16. The third-order valence-electron chi connectivity index (χ3n) is 4.07. The zero-order valence-electron chi connectivity index (χ0n) is 14.8. The van der Waals surface area contributed by atoms with Gasteiger partial charge < -0.3 is 9.30 Å². The number of amides is 1. The summed E-state index contributed by atoms with van der Waals surface area (Å²) < 4.78 is 8.71. The zero-order valence-corrected chi connectivity index (χ0v) is 15.6. The summed E-state index contributed by atoms with van der Waals surface area (Å²) >= 11 is 1.54. The average molecular weight is 354 g/mol. The van der Waals surface area contributed by atoms with Crippen LogP contribution in [0.2, 0.25) is 0 Å². The predicted octanol–water partition coefficient (Wildman–Crippen LogP) is 4.10. The van der Waals surface area contributed by atoms with E-state index in [4.69, 9.17) is 4.74 Å². The maximum Gasteiger partial charge on any atom is 0.279 e. The average Bonchev–Trinajstić information content (AvgIpc) is 2.92. The van der Waals surface area contributed by atoms with Crippen molar-refractivity contribution in [1.29, 1.82) is 0 Å². The first-order valence-electron chi connectivity index (χ1n) is 8.42. The zero-order chi connectivity index (χ0) is 17.8. The van der Waals surface area contributed by atoms with Gasteiger partial charge in [0.2, 0.25) is 0 Å². The molecule has 0 saturated carbocycles. The standard InChI is InChI=1S/C20H22N2O2S/c1-4-24-12-11-22-17-10-9-14(2)13-18(17)25-20(22)21-19(23)16-8-6-5-7-15(16)3/h5-10,13H,4,11-12H2,1-3H3. The second kappa shape index (κ2) is 7.76. The van der Waals surface area contributed by atoms with Gasteiger partial charge in [0.1, 0.15) is 0 Å². The van der Waals surface area contributed by atoms with E-state index in [1.165, 1.54) is 5.56 Å². The highest BCUT2D eigenvalue weighted by atomic mass is 32.1. The number of thiazole rings is 1. The second-order valence-corrected chi connectivity index (χ2v) is 6.95. The van der Waals surface area contributed by atoms with Gasteiger partial charge in [0.25, 0.3) is 5.91 Å². The van der Waals surface area contributed by atoms with Crippen molar-refractivity contribution in [2.75, 3.05) is 13.2 Å². The van der Waals surface area contributed by atoms with Crippen molar-refractivity contribution in [2.24, 2.45) is 4.99 Å². The number of aromatic nitrogens is 1. The van der Waals surface area contributed by atoms with Gasteiger partial charge in [-0.05, 0) is 50.1 Å². The van der Waals surface area contributed by atoms with E-state index in [2.05, 4.69) is 34.7 Å². The Morgan fingerprint density at radius 2 is 2.00 bits per heavy atom. The lowest BCUT2D eigenvalue weighted by Crippen LogP contribution is -2.20. The first-order valence-corrected chi connectivity index (χ1v) is 9.24. The van der Waals surface area contributed by atoms with E-state index in [-0.39, 0.29) is 5.91 Å². The SMILES string of the molecule is CCOCCn1c(=NC(=O)c2ccccc2C)sc2cc(C)ccc21. The minimum absolute atomic E-state index is 0.202. The summed E-state index contributed by atoms with van der Waals surface area (Å²) in [5.74, 6) is -0.202. The number of hydrogen-bond acceptors (Lipinski definition) is 3. The molecule has 0 fully saturated rings. The molecule has 3 aromatic rings. The van der Waals surface area contributed by atoms with E-state index in [9.17, 15) is 4.79 Å². The lowest BCUT2D eigenvalue weighted by molar-refractivity contribution is 0.0996. The third-order valence-corrected chi connectivity index (χ3v) is 5.12. The Hall–Kier alpha value is -2.24. The molecule has 5 heteroatoms. The predicted molar refractivity (Wildman–Crippen MR) is 102 cm³/mol. The number of nitrogens with zero attached hydrogens (tertiary/aromatic N) is 2. The Balaban J connectivity index is 2.08. The van der Waals surface area contributed by atoms with Gasteiger partial charge in [-0.25, -0.2) is 0 Å². The van der Waals surface area contributed by atoms with Crippen LogP contribution in [0.3, 0.4) is 0 Å². The molecule has 0 bridgehead atoms. The summed E-state index contributed by atoms with van der Waals surface area (Å²) in [7, 11) is 0. The van der Waals surface area contributed by atoms with Gasteiger partial charge in [0.15, 0.2) is 4.80 Å².